The molecule has 0 N–H and O–H groups in total. The minimum Gasteiger partial charge on any atom is -0.325 e. The van der Waals surface area contributed by atoms with E-state index in [-0.39, 0.29) is 11.8 Å². The van der Waals surface area contributed by atoms with Gasteiger partial charge in [-0.25, -0.2) is 0 Å². The van der Waals surface area contributed by atoms with Crippen LogP contribution in [0.3, 0.4) is 0 Å². The normalized spacial score (nSPS) is 15.9. The van der Waals surface area contributed by atoms with E-state index in [1.165, 1.54) is 0 Å². The molecule has 0 atom stereocenters. The number of hydrogen-bond acceptors (Lipinski definition) is 2. The fourth-order valence-electron chi connectivity index (χ4n) is 2.18. The maximum Gasteiger partial charge on any atom is 0.223 e. The van der Waals surface area contributed by atoms with Crippen LogP contribution < -0.4 is 0 Å². The van der Waals surface area contributed by atoms with Crippen LogP contribution in [0.15, 0.2) is 0 Å². The van der Waals surface area contributed by atoms with Crippen molar-refractivity contribution in [3.05, 3.63) is 0 Å². The van der Waals surface area contributed by atoms with Crippen molar-refractivity contribution in [3.8, 4) is 0 Å². The molecule has 0 aromatic heterocycles. The topological polar surface area (TPSA) is 40.6 Å². The molecule has 0 aromatic rings. The van der Waals surface area contributed by atoms with Gasteiger partial charge in [-0.3, -0.25) is 9.59 Å². The van der Waals surface area contributed by atoms with Gasteiger partial charge in [-0.1, -0.05) is 26.7 Å². The molecular formula is C14H26N2O2. The molecule has 0 bridgehead atoms. The van der Waals surface area contributed by atoms with Crippen LogP contribution in [0.1, 0.15) is 58.8 Å². The third kappa shape index (κ3) is 4.67. The zero-order chi connectivity index (χ0) is 13.4. The summed E-state index contributed by atoms with van der Waals surface area (Å²) in [4.78, 5) is 27.5. The van der Waals surface area contributed by atoms with Gasteiger partial charge in [0.25, 0.3) is 0 Å². The molecule has 0 spiro atoms. The first-order valence-corrected chi connectivity index (χ1v) is 7.24. The van der Waals surface area contributed by atoms with E-state index in [0.717, 1.165) is 45.2 Å². The Balaban J connectivity index is 2.40. The van der Waals surface area contributed by atoms with Crippen LogP contribution in [0.5, 0.6) is 0 Å². The molecule has 0 aromatic carbocycles. The summed E-state index contributed by atoms with van der Waals surface area (Å²) in [7, 11) is 0. The Morgan fingerprint density at radius 2 is 1.33 bits per heavy atom. The first kappa shape index (κ1) is 15.0. The predicted molar refractivity (Wildman–Crippen MR) is 72.0 cm³/mol. The number of nitrogens with zero attached hydrogens (tertiary/aromatic N) is 2. The summed E-state index contributed by atoms with van der Waals surface area (Å²) in [5.74, 6) is 0.398. The third-order valence-electron chi connectivity index (χ3n) is 3.39. The van der Waals surface area contributed by atoms with Crippen LogP contribution in [0.25, 0.3) is 0 Å². The minimum absolute atomic E-state index is 0.199. The lowest BCUT2D eigenvalue weighted by atomic mass is 10.2. The number of rotatable bonds is 6. The summed E-state index contributed by atoms with van der Waals surface area (Å²) in [6.07, 6.45) is 6.12. The van der Waals surface area contributed by atoms with Crippen molar-refractivity contribution in [2.75, 3.05) is 19.8 Å². The molecule has 104 valence electrons. The van der Waals surface area contributed by atoms with Crippen LogP contribution in [-0.2, 0) is 9.59 Å². The van der Waals surface area contributed by atoms with Crippen LogP contribution >= 0.6 is 0 Å². The van der Waals surface area contributed by atoms with Gasteiger partial charge in [0.1, 0.15) is 0 Å². The van der Waals surface area contributed by atoms with Crippen LogP contribution in [0.4, 0.5) is 0 Å². The van der Waals surface area contributed by atoms with Crippen molar-refractivity contribution in [2.24, 2.45) is 0 Å². The Morgan fingerprint density at radius 1 is 0.889 bits per heavy atom. The Kier molecular flexibility index (Phi) is 6.76. The average molecular weight is 254 g/mol. The monoisotopic (exact) mass is 254 g/mol. The highest BCUT2D eigenvalue weighted by atomic mass is 16.2. The Morgan fingerprint density at radius 3 is 1.72 bits per heavy atom. The molecule has 0 aliphatic carbocycles. The largest absolute Gasteiger partial charge is 0.325 e. The van der Waals surface area contributed by atoms with E-state index in [4.69, 9.17) is 0 Å². The molecular weight excluding hydrogens is 228 g/mol. The fourth-order valence-corrected chi connectivity index (χ4v) is 2.18. The molecule has 1 aliphatic heterocycles. The molecule has 4 nitrogen and oxygen atoms in total. The van der Waals surface area contributed by atoms with Gasteiger partial charge in [0.15, 0.2) is 0 Å². The molecule has 18 heavy (non-hydrogen) atoms. The lowest BCUT2D eigenvalue weighted by Crippen LogP contribution is -2.49. The zero-order valence-electron chi connectivity index (χ0n) is 11.8. The predicted octanol–water partition coefficient (Wildman–Crippen LogP) is 2.39. The van der Waals surface area contributed by atoms with E-state index < -0.39 is 0 Å². The fraction of sp³-hybridized carbons (Fsp3) is 0.857. The van der Waals surface area contributed by atoms with Gasteiger partial charge in [0.05, 0.1) is 6.67 Å². The lowest BCUT2D eigenvalue weighted by Gasteiger charge is -2.35. The Labute approximate surface area is 110 Å². The summed E-state index contributed by atoms with van der Waals surface area (Å²) in [5, 5.41) is 0. The number of amides is 2. The number of unbranched alkanes of at least 4 members (excludes halogenated alkanes) is 2. The van der Waals surface area contributed by atoms with Gasteiger partial charge >= 0.3 is 0 Å². The molecule has 1 fully saturated rings. The summed E-state index contributed by atoms with van der Waals surface area (Å²) in [5.41, 5.74) is 0. The van der Waals surface area contributed by atoms with Gasteiger partial charge in [0.2, 0.25) is 11.8 Å². The highest BCUT2D eigenvalue weighted by Gasteiger charge is 2.23. The van der Waals surface area contributed by atoms with Gasteiger partial charge in [-0.05, 0) is 19.3 Å². The van der Waals surface area contributed by atoms with E-state index in [0.29, 0.717) is 19.5 Å². The SMILES string of the molecule is CCCCC(=O)N1CCCN(C(=O)CCCC)C1. The summed E-state index contributed by atoms with van der Waals surface area (Å²) in [6, 6.07) is 0. The van der Waals surface area contributed by atoms with Crippen molar-refractivity contribution in [1.29, 1.82) is 0 Å². The number of carbonyl (C=O) groups is 2. The Hall–Kier alpha value is -1.06. The van der Waals surface area contributed by atoms with E-state index in [1.54, 1.807) is 0 Å². The molecule has 1 heterocycles. The summed E-state index contributed by atoms with van der Waals surface area (Å²) < 4.78 is 0. The molecule has 1 aliphatic rings. The van der Waals surface area contributed by atoms with Gasteiger partial charge in [-0.2, -0.15) is 0 Å². The van der Waals surface area contributed by atoms with E-state index in [2.05, 4.69) is 13.8 Å². The standard InChI is InChI=1S/C14H26N2O2/c1-3-5-8-13(17)15-10-7-11-16(12-15)14(18)9-6-4-2/h3-12H2,1-2H3. The van der Waals surface area contributed by atoms with Crippen molar-refractivity contribution in [2.45, 2.75) is 58.8 Å². The van der Waals surface area contributed by atoms with Gasteiger partial charge < -0.3 is 9.80 Å². The van der Waals surface area contributed by atoms with Crippen molar-refractivity contribution < 1.29 is 9.59 Å². The third-order valence-corrected chi connectivity index (χ3v) is 3.39. The molecule has 4 heteroatoms. The first-order valence-electron chi connectivity index (χ1n) is 7.24. The molecule has 0 saturated carbocycles. The minimum atomic E-state index is 0.199. The Bertz CT molecular complexity index is 253. The maximum absolute atomic E-state index is 11.9. The maximum atomic E-state index is 11.9. The van der Waals surface area contributed by atoms with Gasteiger partial charge in [0, 0.05) is 25.9 Å². The highest BCUT2D eigenvalue weighted by Crippen LogP contribution is 2.11. The highest BCUT2D eigenvalue weighted by molar-refractivity contribution is 5.79. The quantitative estimate of drug-likeness (QED) is 0.730. The van der Waals surface area contributed by atoms with Crippen molar-refractivity contribution in [3.63, 3.8) is 0 Å². The van der Waals surface area contributed by atoms with Crippen LogP contribution in [-0.4, -0.2) is 41.4 Å². The summed E-state index contributed by atoms with van der Waals surface area (Å²) >= 11 is 0. The van der Waals surface area contributed by atoms with Crippen LogP contribution in [0.2, 0.25) is 0 Å². The van der Waals surface area contributed by atoms with E-state index in [9.17, 15) is 9.59 Å². The molecule has 0 radical (unpaired) electrons. The van der Waals surface area contributed by atoms with E-state index >= 15 is 0 Å². The van der Waals surface area contributed by atoms with Gasteiger partial charge in [-0.15, -0.1) is 0 Å². The molecule has 1 rings (SSSR count). The first-order chi connectivity index (χ1) is 8.69. The molecule has 1 saturated heterocycles. The van der Waals surface area contributed by atoms with E-state index in [1.807, 2.05) is 9.80 Å². The zero-order valence-corrected chi connectivity index (χ0v) is 11.8. The number of carbonyl (C=O) groups excluding carboxylic acids is 2. The smallest absolute Gasteiger partial charge is 0.223 e. The second-order valence-electron chi connectivity index (χ2n) is 5.02. The number of hydrogen-bond donors (Lipinski definition) is 0. The second kappa shape index (κ2) is 8.11. The van der Waals surface area contributed by atoms with Crippen molar-refractivity contribution >= 4 is 11.8 Å². The molecule has 2 amide bonds. The second-order valence-corrected chi connectivity index (χ2v) is 5.02. The lowest BCUT2D eigenvalue weighted by molar-refractivity contribution is -0.142. The van der Waals surface area contributed by atoms with Crippen molar-refractivity contribution in [1.82, 2.24) is 9.80 Å². The van der Waals surface area contributed by atoms with Crippen LogP contribution in [0, 0.1) is 0 Å². The average Bonchev–Trinajstić information content (AvgIpc) is 2.42. The molecule has 0 unspecified atom stereocenters. The summed E-state index contributed by atoms with van der Waals surface area (Å²) in [6.45, 7) is 6.29.